The van der Waals surface area contributed by atoms with Gasteiger partial charge in [-0.2, -0.15) is 0 Å². The molecule has 0 unspecified atom stereocenters. The Morgan fingerprint density at radius 2 is 1.47 bits per heavy atom. The predicted octanol–water partition coefficient (Wildman–Crippen LogP) is 4.10. The first-order valence-corrected chi connectivity index (χ1v) is 5.75. The summed E-state index contributed by atoms with van der Waals surface area (Å²) in [6, 6.07) is 4.93. The van der Waals surface area contributed by atoms with Gasteiger partial charge in [-0.25, -0.2) is 0 Å². The normalized spacial score (nSPS) is 8.07. The Balaban J connectivity index is 0. The van der Waals surface area contributed by atoms with Gasteiger partial charge >= 0.3 is 0 Å². The number of benzene rings is 1. The van der Waals surface area contributed by atoms with Crippen LogP contribution in [0.2, 0.25) is 0 Å². The Hall–Kier alpha value is -1.18. The number of hydrogen-bond acceptors (Lipinski definition) is 2. The molecule has 1 aromatic carbocycles. The van der Waals surface area contributed by atoms with Crippen LogP contribution in [0.3, 0.4) is 0 Å². The summed E-state index contributed by atoms with van der Waals surface area (Å²) < 4.78 is 0. The van der Waals surface area contributed by atoms with Gasteiger partial charge in [-0.15, -0.1) is 0 Å². The number of aryl methyl sites for hydroxylation is 1. The quantitative estimate of drug-likeness (QED) is 0.724. The second-order valence-corrected chi connectivity index (χ2v) is 2.57. The van der Waals surface area contributed by atoms with Gasteiger partial charge in [0.05, 0.1) is 0 Å². The summed E-state index contributed by atoms with van der Waals surface area (Å²) in [5.41, 5.74) is 1.06. The van der Waals surface area contributed by atoms with Crippen molar-refractivity contribution in [2.45, 2.75) is 47.5 Å². The fraction of sp³-hybridized carbons (Fsp3) is 0.538. The van der Waals surface area contributed by atoms with Crippen molar-refractivity contribution >= 4 is 0 Å². The summed E-state index contributed by atoms with van der Waals surface area (Å²) >= 11 is 0. The van der Waals surface area contributed by atoms with Crippen LogP contribution in [-0.4, -0.2) is 10.2 Å². The highest BCUT2D eigenvalue weighted by Gasteiger charge is 1.98. The van der Waals surface area contributed by atoms with Crippen molar-refractivity contribution in [1.29, 1.82) is 0 Å². The highest BCUT2D eigenvalue weighted by atomic mass is 16.3. The number of phenolic OH excluding ortho intramolecular Hbond substituents is 2. The first kappa shape index (κ1) is 16.3. The largest absolute Gasteiger partial charge is 0.504 e. The lowest BCUT2D eigenvalue weighted by Crippen LogP contribution is -1.81. The van der Waals surface area contributed by atoms with Crippen LogP contribution in [0.25, 0.3) is 0 Å². The summed E-state index contributed by atoms with van der Waals surface area (Å²) in [5.74, 6) is -0.0826. The van der Waals surface area contributed by atoms with E-state index >= 15 is 0 Å². The molecule has 2 N–H and O–H groups in total. The fourth-order valence-electron chi connectivity index (χ4n) is 1.01. The van der Waals surface area contributed by atoms with Crippen molar-refractivity contribution < 1.29 is 10.2 Å². The van der Waals surface area contributed by atoms with E-state index in [-0.39, 0.29) is 11.5 Å². The van der Waals surface area contributed by atoms with Crippen molar-refractivity contribution in [2.75, 3.05) is 0 Å². The number of rotatable bonds is 2. The van der Waals surface area contributed by atoms with Crippen LogP contribution >= 0.6 is 0 Å². The lowest BCUT2D eigenvalue weighted by molar-refractivity contribution is 0.403. The van der Waals surface area contributed by atoms with E-state index < -0.39 is 0 Å². The van der Waals surface area contributed by atoms with Gasteiger partial charge in [-0.1, -0.05) is 47.1 Å². The molecule has 0 fully saturated rings. The van der Waals surface area contributed by atoms with Crippen LogP contribution in [0.5, 0.6) is 11.5 Å². The van der Waals surface area contributed by atoms with Crippen molar-refractivity contribution in [1.82, 2.24) is 0 Å². The van der Waals surface area contributed by atoms with Gasteiger partial charge in [-0.3, -0.25) is 0 Å². The molecule has 0 aliphatic rings. The number of phenols is 2. The molecule has 0 bridgehead atoms. The lowest BCUT2D eigenvalue weighted by atomic mass is 10.1. The Morgan fingerprint density at radius 3 is 1.87 bits per heavy atom. The van der Waals surface area contributed by atoms with E-state index in [1.807, 2.05) is 33.8 Å². The van der Waals surface area contributed by atoms with E-state index in [2.05, 4.69) is 6.92 Å². The molecule has 0 saturated carbocycles. The second-order valence-electron chi connectivity index (χ2n) is 2.57. The molecule has 2 nitrogen and oxygen atoms in total. The third kappa shape index (κ3) is 6.83. The molecule has 1 aromatic rings. The topological polar surface area (TPSA) is 40.5 Å². The van der Waals surface area contributed by atoms with Crippen LogP contribution in [0.4, 0.5) is 0 Å². The van der Waals surface area contributed by atoms with Gasteiger partial charge in [0.2, 0.25) is 0 Å². The molecule has 0 saturated heterocycles. The van der Waals surface area contributed by atoms with Crippen LogP contribution in [0.15, 0.2) is 18.2 Å². The monoisotopic (exact) mass is 212 g/mol. The molecule has 0 radical (unpaired) electrons. The van der Waals surface area contributed by atoms with Crippen LogP contribution in [-0.2, 0) is 6.42 Å². The zero-order valence-electron chi connectivity index (χ0n) is 10.5. The summed E-state index contributed by atoms with van der Waals surface area (Å²) in [4.78, 5) is 0. The molecule has 15 heavy (non-hydrogen) atoms. The maximum Gasteiger partial charge on any atom is 0.157 e. The Bertz CT molecular complexity index is 244. The number of hydrogen-bond donors (Lipinski definition) is 2. The van der Waals surface area contributed by atoms with Gasteiger partial charge in [0, 0.05) is 0 Å². The zero-order valence-corrected chi connectivity index (χ0v) is 10.5. The smallest absolute Gasteiger partial charge is 0.157 e. The molecular formula is C13H24O2. The molecule has 88 valence electrons. The molecular weight excluding hydrogens is 188 g/mol. The van der Waals surface area contributed by atoms with Crippen molar-refractivity contribution in [3.63, 3.8) is 0 Å². The van der Waals surface area contributed by atoms with E-state index in [0.717, 1.165) is 18.4 Å². The molecule has 0 amide bonds. The first-order valence-electron chi connectivity index (χ1n) is 5.75. The molecule has 0 aliphatic heterocycles. The predicted molar refractivity (Wildman–Crippen MR) is 66.5 cm³/mol. The molecule has 0 atom stereocenters. The fourth-order valence-corrected chi connectivity index (χ4v) is 1.01. The maximum atomic E-state index is 9.08. The summed E-state index contributed by atoms with van der Waals surface area (Å²) in [7, 11) is 0. The van der Waals surface area contributed by atoms with Crippen LogP contribution in [0, 0.1) is 0 Å². The highest BCUT2D eigenvalue weighted by molar-refractivity contribution is 5.40. The highest BCUT2D eigenvalue weighted by Crippen LogP contribution is 2.25. The third-order valence-electron chi connectivity index (χ3n) is 1.58. The Labute approximate surface area is 93.6 Å². The minimum Gasteiger partial charge on any atom is -0.504 e. The summed E-state index contributed by atoms with van der Waals surface area (Å²) in [6.45, 7) is 10.1. The van der Waals surface area contributed by atoms with Crippen molar-refractivity contribution in [3.05, 3.63) is 23.8 Å². The van der Waals surface area contributed by atoms with Gasteiger partial charge < -0.3 is 10.2 Å². The van der Waals surface area contributed by atoms with Gasteiger partial charge in [-0.05, 0) is 24.1 Å². The van der Waals surface area contributed by atoms with Gasteiger partial charge in [0.1, 0.15) is 0 Å². The second kappa shape index (κ2) is 10.9. The number of aromatic hydroxyl groups is 2. The molecule has 0 spiro atoms. The average molecular weight is 212 g/mol. The minimum atomic E-state index is -0.0511. The van der Waals surface area contributed by atoms with Crippen LogP contribution in [0.1, 0.15) is 46.6 Å². The minimum absolute atomic E-state index is 0.0315. The average Bonchev–Trinajstić information content (AvgIpc) is 2.30. The molecule has 0 aromatic heterocycles. The Kier molecular flexibility index (Phi) is 11.8. The van der Waals surface area contributed by atoms with E-state index in [0.29, 0.717) is 0 Å². The third-order valence-corrected chi connectivity index (χ3v) is 1.58. The summed E-state index contributed by atoms with van der Waals surface area (Å²) in [5, 5.41) is 18.0. The SMILES string of the molecule is CC.CC.CCCc1ccc(O)c(O)c1. The Morgan fingerprint density at radius 1 is 0.933 bits per heavy atom. The van der Waals surface area contributed by atoms with E-state index in [9.17, 15) is 0 Å². The van der Waals surface area contributed by atoms with Gasteiger partial charge in [0.15, 0.2) is 11.5 Å². The van der Waals surface area contributed by atoms with E-state index in [1.54, 1.807) is 6.07 Å². The lowest BCUT2D eigenvalue weighted by Gasteiger charge is -2.00. The standard InChI is InChI=1S/C9H12O2.2C2H6/c1-2-3-7-4-5-8(10)9(11)6-7;2*1-2/h4-6,10-11H,2-3H2,1H3;2*1-2H3. The molecule has 0 heterocycles. The zero-order chi connectivity index (χ0) is 12.3. The van der Waals surface area contributed by atoms with E-state index in [1.165, 1.54) is 6.07 Å². The maximum absolute atomic E-state index is 9.08. The van der Waals surface area contributed by atoms with Crippen molar-refractivity contribution in [3.8, 4) is 11.5 Å². The van der Waals surface area contributed by atoms with Crippen molar-refractivity contribution in [2.24, 2.45) is 0 Å². The molecule has 1 rings (SSSR count). The van der Waals surface area contributed by atoms with Crippen LogP contribution < -0.4 is 0 Å². The van der Waals surface area contributed by atoms with Gasteiger partial charge in [0.25, 0.3) is 0 Å². The summed E-state index contributed by atoms with van der Waals surface area (Å²) in [6.07, 6.45) is 1.98. The van der Waals surface area contributed by atoms with E-state index in [4.69, 9.17) is 10.2 Å². The molecule has 0 aliphatic carbocycles. The molecule has 2 heteroatoms. The first-order chi connectivity index (χ1) is 7.24.